The molecule has 2 aliphatic rings. The van der Waals surface area contributed by atoms with E-state index < -0.39 is 0 Å². The maximum atomic E-state index is 12.8. The van der Waals surface area contributed by atoms with Crippen LogP contribution < -0.4 is 4.90 Å². The van der Waals surface area contributed by atoms with Crippen LogP contribution in [0.4, 0.5) is 5.69 Å². The van der Waals surface area contributed by atoms with Gasteiger partial charge in [0.15, 0.2) is 0 Å². The number of hydrogen-bond donors (Lipinski definition) is 0. The highest BCUT2D eigenvalue weighted by molar-refractivity contribution is 8.00. The average Bonchev–Trinajstić information content (AvgIpc) is 3.08. The van der Waals surface area contributed by atoms with Crippen LogP contribution in [0.2, 0.25) is 0 Å². The largest absolute Gasteiger partial charge is 0.378 e. The minimum atomic E-state index is -0.348. The van der Waals surface area contributed by atoms with Crippen molar-refractivity contribution in [2.75, 3.05) is 31.3 Å². The lowest BCUT2D eigenvalue weighted by atomic mass is 9.96. The van der Waals surface area contributed by atoms with E-state index in [0.717, 1.165) is 29.1 Å². The zero-order chi connectivity index (χ0) is 15.3. The predicted octanol–water partition coefficient (Wildman–Crippen LogP) is 3.16. The second kappa shape index (κ2) is 4.78. The maximum absolute atomic E-state index is 12.8. The highest BCUT2D eigenvalue weighted by Gasteiger charge is 2.54. The lowest BCUT2D eigenvalue weighted by Gasteiger charge is -2.33. The molecule has 1 unspecified atom stereocenters. The first-order valence-corrected chi connectivity index (χ1v) is 8.46. The van der Waals surface area contributed by atoms with Gasteiger partial charge < -0.3 is 9.80 Å². The lowest BCUT2D eigenvalue weighted by Crippen LogP contribution is -2.37. The van der Waals surface area contributed by atoms with Gasteiger partial charge in [-0.15, -0.1) is 11.8 Å². The molecule has 0 bridgehead atoms. The van der Waals surface area contributed by atoms with E-state index in [1.54, 1.807) is 0 Å². The zero-order valence-corrected chi connectivity index (χ0v) is 13.6. The molecule has 2 heterocycles. The smallest absolute Gasteiger partial charge is 0.255 e. The average molecular weight is 310 g/mol. The Morgan fingerprint density at radius 3 is 2.77 bits per heavy atom. The number of hydrogen-bond acceptors (Lipinski definition) is 3. The summed E-state index contributed by atoms with van der Waals surface area (Å²) in [5.74, 6) is 1.14. The van der Waals surface area contributed by atoms with Gasteiger partial charge in [0.25, 0.3) is 5.91 Å². The molecule has 22 heavy (non-hydrogen) atoms. The molecule has 0 N–H and O–H groups in total. The van der Waals surface area contributed by atoms with Crippen LogP contribution in [0.1, 0.15) is 21.5 Å². The van der Waals surface area contributed by atoms with E-state index in [9.17, 15) is 4.79 Å². The molecule has 0 radical (unpaired) electrons. The van der Waals surface area contributed by atoms with Crippen molar-refractivity contribution in [3.8, 4) is 0 Å². The van der Waals surface area contributed by atoms with Crippen molar-refractivity contribution in [3.63, 3.8) is 0 Å². The fraction of sp³-hybridized carbons (Fsp3) is 0.278. The van der Waals surface area contributed by atoms with E-state index >= 15 is 0 Å². The van der Waals surface area contributed by atoms with Crippen LogP contribution >= 0.6 is 11.8 Å². The molecule has 4 heteroatoms. The number of nitrogens with zero attached hydrogens (tertiary/aromatic N) is 2. The Kier molecular flexibility index (Phi) is 2.98. The minimum absolute atomic E-state index is 0.163. The number of benzene rings is 2. The zero-order valence-electron chi connectivity index (χ0n) is 12.7. The molecule has 1 atom stereocenters. The van der Waals surface area contributed by atoms with Gasteiger partial charge in [-0.1, -0.05) is 30.3 Å². The van der Waals surface area contributed by atoms with Crippen LogP contribution in [0.3, 0.4) is 0 Å². The van der Waals surface area contributed by atoms with Crippen molar-refractivity contribution in [1.82, 2.24) is 4.90 Å². The lowest BCUT2D eigenvalue weighted by molar-refractivity contribution is 0.0752. The van der Waals surface area contributed by atoms with Crippen LogP contribution in [0, 0.1) is 0 Å². The predicted molar refractivity (Wildman–Crippen MR) is 91.5 cm³/mol. The van der Waals surface area contributed by atoms with Gasteiger partial charge in [-0.3, -0.25) is 4.79 Å². The molecule has 1 fully saturated rings. The molecule has 2 aliphatic heterocycles. The Morgan fingerprint density at radius 1 is 1.14 bits per heavy atom. The normalized spacial score (nSPS) is 22.6. The van der Waals surface area contributed by atoms with Crippen molar-refractivity contribution in [1.29, 1.82) is 0 Å². The molecule has 3 nitrogen and oxygen atoms in total. The highest BCUT2D eigenvalue weighted by atomic mass is 32.2. The third kappa shape index (κ3) is 1.67. The van der Waals surface area contributed by atoms with E-state index in [1.165, 1.54) is 5.56 Å². The SMILES string of the molecule is CN(C)c1cccc(C23SCCN2C(=O)c2ccccc23)c1. The van der Waals surface area contributed by atoms with Crippen molar-refractivity contribution >= 4 is 23.4 Å². The van der Waals surface area contributed by atoms with Gasteiger partial charge in [-0.05, 0) is 23.8 Å². The van der Waals surface area contributed by atoms with Gasteiger partial charge in [0.1, 0.15) is 4.87 Å². The molecule has 1 amide bonds. The summed E-state index contributed by atoms with van der Waals surface area (Å²) < 4.78 is 0. The van der Waals surface area contributed by atoms with E-state index in [1.807, 2.05) is 49.0 Å². The third-order valence-corrected chi connectivity index (χ3v) is 6.01. The number of thioether (sulfide) groups is 1. The Hall–Kier alpha value is -1.94. The topological polar surface area (TPSA) is 23.6 Å². The molecular formula is C18H18N2OS. The number of carbonyl (C=O) groups excluding carboxylic acids is 1. The summed E-state index contributed by atoms with van der Waals surface area (Å²) in [6, 6.07) is 16.6. The van der Waals surface area contributed by atoms with Gasteiger partial charge in [0, 0.05) is 43.2 Å². The Morgan fingerprint density at radius 2 is 1.95 bits per heavy atom. The van der Waals surface area contributed by atoms with Crippen LogP contribution in [-0.4, -0.2) is 37.2 Å². The van der Waals surface area contributed by atoms with E-state index in [2.05, 4.69) is 35.2 Å². The van der Waals surface area contributed by atoms with Gasteiger partial charge in [0.05, 0.1) is 0 Å². The molecule has 1 saturated heterocycles. The van der Waals surface area contributed by atoms with Gasteiger partial charge >= 0.3 is 0 Å². The molecule has 0 aromatic heterocycles. The fourth-order valence-corrected chi connectivity index (χ4v) is 5.01. The quantitative estimate of drug-likeness (QED) is 0.851. The number of fused-ring (bicyclic) bond motifs is 3. The number of amides is 1. The van der Waals surface area contributed by atoms with E-state index in [0.29, 0.717) is 0 Å². The second-order valence-corrected chi connectivity index (χ2v) is 7.23. The van der Waals surface area contributed by atoms with Crippen LogP contribution in [0.25, 0.3) is 0 Å². The first kappa shape index (κ1) is 13.7. The first-order chi connectivity index (χ1) is 10.6. The van der Waals surface area contributed by atoms with Crippen molar-refractivity contribution < 1.29 is 4.79 Å². The molecule has 0 saturated carbocycles. The Bertz CT molecular complexity index is 758. The fourth-order valence-electron chi connectivity index (χ4n) is 3.49. The van der Waals surface area contributed by atoms with Crippen molar-refractivity contribution in [2.45, 2.75) is 4.87 Å². The van der Waals surface area contributed by atoms with Crippen molar-refractivity contribution in [3.05, 3.63) is 65.2 Å². The summed E-state index contributed by atoms with van der Waals surface area (Å²) in [5.41, 5.74) is 4.35. The monoisotopic (exact) mass is 310 g/mol. The molecule has 2 aromatic rings. The van der Waals surface area contributed by atoms with Crippen molar-refractivity contribution in [2.24, 2.45) is 0 Å². The summed E-state index contributed by atoms with van der Waals surface area (Å²) in [6.07, 6.45) is 0. The number of anilines is 1. The third-order valence-electron chi connectivity index (χ3n) is 4.53. The van der Waals surface area contributed by atoms with E-state index in [-0.39, 0.29) is 10.8 Å². The number of carbonyl (C=O) groups is 1. The summed E-state index contributed by atoms with van der Waals surface area (Å²) in [4.78, 5) is 16.6. The molecule has 0 spiro atoms. The van der Waals surface area contributed by atoms with Gasteiger partial charge in [0.2, 0.25) is 0 Å². The molecule has 2 aromatic carbocycles. The summed E-state index contributed by atoms with van der Waals surface area (Å²) >= 11 is 1.87. The maximum Gasteiger partial charge on any atom is 0.255 e. The summed E-state index contributed by atoms with van der Waals surface area (Å²) in [6.45, 7) is 0.810. The summed E-state index contributed by atoms with van der Waals surface area (Å²) in [5, 5.41) is 0. The molecule has 112 valence electrons. The second-order valence-electron chi connectivity index (χ2n) is 5.94. The molecule has 0 aliphatic carbocycles. The minimum Gasteiger partial charge on any atom is -0.378 e. The first-order valence-electron chi connectivity index (χ1n) is 7.48. The Labute approximate surface area is 134 Å². The Balaban J connectivity index is 1.95. The number of rotatable bonds is 2. The molecular weight excluding hydrogens is 292 g/mol. The molecule has 4 rings (SSSR count). The van der Waals surface area contributed by atoms with Gasteiger partial charge in [-0.2, -0.15) is 0 Å². The standard InChI is InChI=1S/C18H18N2OS/c1-19(2)14-7-5-6-13(12-14)18-16-9-4-3-8-15(16)17(21)20(18)10-11-22-18/h3-9,12H,10-11H2,1-2H3. The van der Waals surface area contributed by atoms with Crippen LogP contribution in [0.15, 0.2) is 48.5 Å². The summed E-state index contributed by atoms with van der Waals surface area (Å²) in [7, 11) is 4.09. The van der Waals surface area contributed by atoms with E-state index in [4.69, 9.17) is 0 Å². The van der Waals surface area contributed by atoms with Crippen LogP contribution in [-0.2, 0) is 4.87 Å². The van der Waals surface area contributed by atoms with Crippen LogP contribution in [0.5, 0.6) is 0 Å². The highest BCUT2D eigenvalue weighted by Crippen LogP contribution is 2.55. The van der Waals surface area contributed by atoms with Gasteiger partial charge in [-0.25, -0.2) is 0 Å².